The summed E-state index contributed by atoms with van der Waals surface area (Å²) in [6, 6.07) is 3.89. The molecule has 13 heavy (non-hydrogen) atoms. The maximum absolute atomic E-state index is 11.7. The average Bonchev–Trinajstić information content (AvgIpc) is 2.54. The lowest BCUT2D eigenvalue weighted by Crippen LogP contribution is -2.44. The van der Waals surface area contributed by atoms with Crippen LogP contribution in [0.1, 0.15) is 18.7 Å². The second kappa shape index (κ2) is 3.47. The Morgan fingerprint density at radius 2 is 2.23 bits per heavy atom. The molecule has 0 fully saturated rings. The number of hydrogen-bond acceptors (Lipinski definition) is 3. The van der Waals surface area contributed by atoms with Gasteiger partial charge in [0.1, 0.15) is 0 Å². The predicted molar refractivity (Wildman–Crippen MR) is 54.3 cm³/mol. The lowest BCUT2D eigenvalue weighted by molar-refractivity contribution is -0.135. The molecule has 0 bridgehead atoms. The van der Waals surface area contributed by atoms with Crippen molar-refractivity contribution in [2.24, 2.45) is 5.84 Å². The molecule has 0 atom stereocenters. The number of amides is 1. The maximum Gasteiger partial charge on any atom is 0.247 e. The lowest BCUT2D eigenvalue weighted by atomic mass is 9.90. The standard InChI is InChI=1S/C9H14N2OS/c1-9(2,8(12)11(3)10)7-5-4-6-13-7/h4-6H,10H2,1-3H3. The van der Waals surface area contributed by atoms with E-state index < -0.39 is 5.41 Å². The molecule has 1 amide bonds. The van der Waals surface area contributed by atoms with Gasteiger partial charge in [0, 0.05) is 11.9 Å². The van der Waals surface area contributed by atoms with Crippen LogP contribution in [0.15, 0.2) is 17.5 Å². The Balaban J connectivity index is 2.95. The van der Waals surface area contributed by atoms with Gasteiger partial charge in [-0.05, 0) is 25.3 Å². The third-order valence-corrected chi connectivity index (χ3v) is 3.19. The zero-order valence-electron chi connectivity index (χ0n) is 8.07. The molecule has 2 N–H and O–H groups in total. The van der Waals surface area contributed by atoms with Gasteiger partial charge in [-0.1, -0.05) is 6.07 Å². The van der Waals surface area contributed by atoms with Gasteiger partial charge in [-0.15, -0.1) is 11.3 Å². The molecule has 0 saturated carbocycles. The first kappa shape index (κ1) is 10.2. The van der Waals surface area contributed by atoms with Gasteiger partial charge in [0.05, 0.1) is 5.41 Å². The molecule has 0 spiro atoms. The van der Waals surface area contributed by atoms with Crippen LogP contribution in [-0.2, 0) is 10.2 Å². The molecule has 1 aromatic heterocycles. The minimum atomic E-state index is -0.516. The van der Waals surface area contributed by atoms with Gasteiger partial charge in [0.15, 0.2) is 0 Å². The Morgan fingerprint density at radius 1 is 1.62 bits per heavy atom. The maximum atomic E-state index is 11.7. The van der Waals surface area contributed by atoms with E-state index in [9.17, 15) is 4.79 Å². The van der Waals surface area contributed by atoms with Crippen LogP contribution < -0.4 is 5.84 Å². The Hall–Kier alpha value is -0.870. The number of carbonyl (C=O) groups is 1. The molecular weight excluding hydrogens is 184 g/mol. The highest BCUT2D eigenvalue weighted by Gasteiger charge is 2.32. The summed E-state index contributed by atoms with van der Waals surface area (Å²) in [5, 5.41) is 3.10. The van der Waals surface area contributed by atoms with Crippen molar-refractivity contribution < 1.29 is 4.79 Å². The smallest absolute Gasteiger partial charge is 0.247 e. The first-order valence-electron chi connectivity index (χ1n) is 4.03. The number of hydrogen-bond donors (Lipinski definition) is 1. The summed E-state index contributed by atoms with van der Waals surface area (Å²) >= 11 is 1.57. The van der Waals surface area contributed by atoms with Crippen molar-refractivity contribution >= 4 is 17.2 Å². The van der Waals surface area contributed by atoms with Gasteiger partial charge in [-0.3, -0.25) is 9.80 Å². The fourth-order valence-electron chi connectivity index (χ4n) is 1.18. The highest BCUT2D eigenvalue weighted by molar-refractivity contribution is 7.10. The van der Waals surface area contributed by atoms with Crippen molar-refractivity contribution in [1.29, 1.82) is 0 Å². The van der Waals surface area contributed by atoms with E-state index in [1.807, 2.05) is 31.4 Å². The summed E-state index contributed by atoms with van der Waals surface area (Å²) in [5.74, 6) is 5.34. The minimum Gasteiger partial charge on any atom is -0.283 e. The number of hydrazine groups is 1. The van der Waals surface area contributed by atoms with E-state index in [1.165, 1.54) is 0 Å². The summed E-state index contributed by atoms with van der Waals surface area (Å²) in [5.41, 5.74) is -0.516. The van der Waals surface area contributed by atoms with E-state index >= 15 is 0 Å². The van der Waals surface area contributed by atoms with E-state index in [0.29, 0.717) is 0 Å². The molecule has 0 aliphatic carbocycles. The van der Waals surface area contributed by atoms with Gasteiger partial charge < -0.3 is 0 Å². The molecular formula is C9H14N2OS. The molecule has 0 aromatic carbocycles. The fraction of sp³-hybridized carbons (Fsp3) is 0.444. The molecule has 0 unspecified atom stereocenters. The highest BCUT2D eigenvalue weighted by Crippen LogP contribution is 2.28. The molecule has 0 aliphatic heterocycles. The number of likely N-dealkylation sites (N-methyl/N-ethyl adjacent to an activating group) is 1. The molecule has 4 heteroatoms. The summed E-state index contributed by atoms with van der Waals surface area (Å²) in [6.07, 6.45) is 0. The molecule has 1 rings (SSSR count). The predicted octanol–water partition coefficient (Wildman–Crippen LogP) is 1.36. The van der Waals surface area contributed by atoms with Crippen molar-refractivity contribution in [2.75, 3.05) is 7.05 Å². The number of rotatable bonds is 2. The van der Waals surface area contributed by atoms with Gasteiger partial charge in [0.2, 0.25) is 5.91 Å². The van der Waals surface area contributed by atoms with Crippen molar-refractivity contribution in [3.05, 3.63) is 22.4 Å². The normalized spacial score (nSPS) is 11.4. The van der Waals surface area contributed by atoms with Crippen LogP contribution in [0.4, 0.5) is 0 Å². The topological polar surface area (TPSA) is 46.3 Å². The Bertz CT molecular complexity index is 291. The molecule has 3 nitrogen and oxygen atoms in total. The molecule has 1 heterocycles. The summed E-state index contributed by atoms with van der Waals surface area (Å²) in [4.78, 5) is 12.7. The van der Waals surface area contributed by atoms with Crippen LogP contribution in [0.25, 0.3) is 0 Å². The first-order chi connectivity index (χ1) is 5.96. The van der Waals surface area contributed by atoms with Gasteiger partial charge in [-0.25, -0.2) is 5.84 Å². The molecule has 1 aromatic rings. The quantitative estimate of drug-likeness (QED) is 0.443. The minimum absolute atomic E-state index is 0.0741. The largest absolute Gasteiger partial charge is 0.283 e. The van der Waals surface area contributed by atoms with Crippen LogP contribution in [0.2, 0.25) is 0 Å². The number of nitrogens with zero attached hydrogens (tertiary/aromatic N) is 1. The Morgan fingerprint density at radius 3 is 2.62 bits per heavy atom. The van der Waals surface area contributed by atoms with E-state index in [-0.39, 0.29) is 5.91 Å². The van der Waals surface area contributed by atoms with Crippen molar-refractivity contribution in [1.82, 2.24) is 5.01 Å². The third-order valence-electron chi connectivity index (χ3n) is 1.99. The fourth-order valence-corrected chi connectivity index (χ4v) is 2.02. The lowest BCUT2D eigenvalue weighted by Gasteiger charge is -2.25. The van der Waals surface area contributed by atoms with Crippen molar-refractivity contribution in [3.8, 4) is 0 Å². The highest BCUT2D eigenvalue weighted by atomic mass is 32.1. The summed E-state index contributed by atoms with van der Waals surface area (Å²) in [7, 11) is 1.57. The molecule has 0 saturated heterocycles. The number of thiophene rings is 1. The SMILES string of the molecule is CN(N)C(=O)C(C)(C)c1cccs1. The number of nitrogens with two attached hydrogens (primary N) is 1. The summed E-state index contributed by atoms with van der Waals surface area (Å²) in [6.45, 7) is 3.76. The average molecular weight is 198 g/mol. The zero-order chi connectivity index (χ0) is 10.1. The van der Waals surface area contributed by atoms with Gasteiger partial charge >= 0.3 is 0 Å². The van der Waals surface area contributed by atoms with E-state index in [1.54, 1.807) is 18.4 Å². The van der Waals surface area contributed by atoms with Crippen LogP contribution in [-0.4, -0.2) is 18.0 Å². The van der Waals surface area contributed by atoms with E-state index in [2.05, 4.69) is 0 Å². The van der Waals surface area contributed by atoms with Gasteiger partial charge in [0.25, 0.3) is 0 Å². The number of carbonyl (C=O) groups excluding carboxylic acids is 1. The van der Waals surface area contributed by atoms with Crippen molar-refractivity contribution in [3.63, 3.8) is 0 Å². The van der Waals surface area contributed by atoms with Crippen molar-refractivity contribution in [2.45, 2.75) is 19.3 Å². The summed E-state index contributed by atoms with van der Waals surface area (Å²) < 4.78 is 0. The zero-order valence-corrected chi connectivity index (χ0v) is 8.89. The third kappa shape index (κ3) is 1.89. The van der Waals surface area contributed by atoms with E-state index in [0.717, 1.165) is 9.89 Å². The van der Waals surface area contributed by atoms with Crippen LogP contribution >= 0.6 is 11.3 Å². The second-order valence-corrected chi connectivity index (χ2v) is 4.47. The molecule has 0 aliphatic rings. The Labute approximate surface area is 82.1 Å². The van der Waals surface area contributed by atoms with Crippen LogP contribution in [0, 0.1) is 0 Å². The second-order valence-electron chi connectivity index (χ2n) is 3.52. The van der Waals surface area contributed by atoms with Crippen LogP contribution in [0.3, 0.4) is 0 Å². The Kier molecular flexibility index (Phi) is 2.73. The van der Waals surface area contributed by atoms with E-state index in [4.69, 9.17) is 5.84 Å². The molecule has 0 radical (unpaired) electrons. The first-order valence-corrected chi connectivity index (χ1v) is 4.91. The molecule has 72 valence electrons. The van der Waals surface area contributed by atoms with Crippen LogP contribution in [0.5, 0.6) is 0 Å². The van der Waals surface area contributed by atoms with Gasteiger partial charge in [-0.2, -0.15) is 0 Å². The monoisotopic (exact) mass is 198 g/mol.